The van der Waals surface area contributed by atoms with Crippen molar-refractivity contribution < 1.29 is 23.1 Å². The van der Waals surface area contributed by atoms with E-state index < -0.39 is 22.0 Å². The Morgan fingerprint density at radius 2 is 2.35 bits per heavy atom. The summed E-state index contributed by atoms with van der Waals surface area (Å²) in [6, 6.07) is 4.13. The summed E-state index contributed by atoms with van der Waals surface area (Å²) in [6.07, 6.45) is 0.367. The number of aliphatic hydroxyl groups is 1. The topological polar surface area (TPSA) is 121 Å². The van der Waals surface area contributed by atoms with Gasteiger partial charge in [0.15, 0.2) is 10.7 Å². The highest BCUT2D eigenvalue weighted by Crippen LogP contribution is 2.14. The summed E-state index contributed by atoms with van der Waals surface area (Å²) in [5, 5.41) is 16.9. The SMILES string of the molecule is CCOC(=O)c1cc(S(=O)(=O)NC(CO)Cc2cccs2)[nH]n1. The lowest BCUT2D eigenvalue weighted by atomic mass is 10.2. The van der Waals surface area contributed by atoms with E-state index in [0.29, 0.717) is 6.42 Å². The van der Waals surface area contributed by atoms with E-state index in [1.54, 1.807) is 6.92 Å². The van der Waals surface area contributed by atoms with E-state index in [2.05, 4.69) is 14.9 Å². The Kier molecular flexibility index (Phi) is 5.88. The molecule has 23 heavy (non-hydrogen) atoms. The molecule has 0 saturated heterocycles. The van der Waals surface area contributed by atoms with Gasteiger partial charge >= 0.3 is 5.97 Å². The van der Waals surface area contributed by atoms with E-state index in [1.165, 1.54) is 11.3 Å². The van der Waals surface area contributed by atoms with Crippen molar-refractivity contribution in [1.82, 2.24) is 14.9 Å². The van der Waals surface area contributed by atoms with E-state index in [4.69, 9.17) is 4.74 Å². The third kappa shape index (κ3) is 4.61. The fourth-order valence-electron chi connectivity index (χ4n) is 1.85. The normalized spacial score (nSPS) is 13.0. The Bertz CT molecular complexity index is 740. The second kappa shape index (κ2) is 7.68. The van der Waals surface area contributed by atoms with Gasteiger partial charge in [-0.1, -0.05) is 6.07 Å². The largest absolute Gasteiger partial charge is 0.461 e. The van der Waals surface area contributed by atoms with Gasteiger partial charge in [-0.3, -0.25) is 5.10 Å². The number of thiophene rings is 1. The van der Waals surface area contributed by atoms with Crippen LogP contribution in [0.25, 0.3) is 0 Å². The zero-order chi connectivity index (χ0) is 16.9. The quantitative estimate of drug-likeness (QED) is 0.591. The van der Waals surface area contributed by atoms with Gasteiger partial charge in [0.05, 0.1) is 19.3 Å². The number of aliphatic hydroxyl groups excluding tert-OH is 1. The van der Waals surface area contributed by atoms with Crippen molar-refractivity contribution in [3.8, 4) is 0 Å². The van der Waals surface area contributed by atoms with Gasteiger partial charge < -0.3 is 9.84 Å². The molecule has 1 unspecified atom stereocenters. The Morgan fingerprint density at radius 3 is 2.96 bits per heavy atom. The molecule has 1 atom stereocenters. The summed E-state index contributed by atoms with van der Waals surface area (Å²) in [4.78, 5) is 12.5. The maximum atomic E-state index is 12.3. The van der Waals surface area contributed by atoms with Crippen LogP contribution < -0.4 is 4.72 Å². The number of carbonyl (C=O) groups excluding carboxylic acids is 1. The Balaban J connectivity index is 2.09. The number of rotatable bonds is 8. The molecule has 2 rings (SSSR count). The molecular formula is C13H17N3O5S2. The molecule has 126 valence electrons. The molecule has 0 aliphatic carbocycles. The molecule has 0 aliphatic rings. The predicted octanol–water partition coefficient (Wildman–Crippen LogP) is 0.530. The molecule has 0 aromatic carbocycles. The van der Waals surface area contributed by atoms with Crippen molar-refractivity contribution in [2.75, 3.05) is 13.2 Å². The second-order valence-corrected chi connectivity index (χ2v) is 7.34. The van der Waals surface area contributed by atoms with Crippen molar-refractivity contribution in [2.45, 2.75) is 24.4 Å². The number of aromatic nitrogens is 2. The number of sulfonamides is 1. The van der Waals surface area contributed by atoms with Gasteiger partial charge in [0.1, 0.15) is 0 Å². The van der Waals surface area contributed by atoms with Crippen molar-refractivity contribution in [3.05, 3.63) is 34.2 Å². The van der Waals surface area contributed by atoms with Crippen LogP contribution in [0.15, 0.2) is 28.6 Å². The molecule has 2 aromatic rings. The standard InChI is InChI=1S/C13H17N3O5S2/c1-2-21-13(18)11-7-12(15-14-11)23(19,20)16-9(8-17)6-10-4-3-5-22-10/h3-5,7,9,16-17H,2,6,8H2,1H3,(H,14,15). The third-order valence-electron chi connectivity index (χ3n) is 2.90. The van der Waals surface area contributed by atoms with Crippen LogP contribution in [0.2, 0.25) is 0 Å². The first-order valence-electron chi connectivity index (χ1n) is 6.84. The van der Waals surface area contributed by atoms with Crippen LogP contribution in [0, 0.1) is 0 Å². The van der Waals surface area contributed by atoms with E-state index in [1.807, 2.05) is 17.5 Å². The van der Waals surface area contributed by atoms with Crippen molar-refractivity contribution >= 4 is 27.3 Å². The van der Waals surface area contributed by atoms with Crippen molar-refractivity contribution in [1.29, 1.82) is 0 Å². The minimum absolute atomic E-state index is 0.119. The third-order valence-corrected chi connectivity index (χ3v) is 5.23. The van der Waals surface area contributed by atoms with Gasteiger partial charge in [-0.2, -0.15) is 5.10 Å². The lowest BCUT2D eigenvalue weighted by molar-refractivity contribution is 0.0519. The van der Waals surface area contributed by atoms with E-state index >= 15 is 0 Å². The average Bonchev–Trinajstić information content (AvgIpc) is 3.18. The van der Waals surface area contributed by atoms with Gasteiger partial charge in [-0.25, -0.2) is 17.9 Å². The number of H-pyrrole nitrogens is 1. The highest BCUT2D eigenvalue weighted by atomic mass is 32.2. The first-order chi connectivity index (χ1) is 11.0. The Labute approximate surface area is 137 Å². The maximum Gasteiger partial charge on any atom is 0.358 e. The molecule has 10 heteroatoms. The highest BCUT2D eigenvalue weighted by molar-refractivity contribution is 7.89. The molecule has 0 amide bonds. The average molecular weight is 359 g/mol. The molecule has 8 nitrogen and oxygen atoms in total. The minimum Gasteiger partial charge on any atom is -0.461 e. The van der Waals surface area contributed by atoms with Crippen molar-refractivity contribution in [3.63, 3.8) is 0 Å². The van der Waals surface area contributed by atoms with E-state index in [0.717, 1.165) is 10.9 Å². The first kappa shape index (κ1) is 17.6. The molecule has 0 aliphatic heterocycles. The van der Waals surface area contributed by atoms with Gasteiger partial charge in [0, 0.05) is 17.4 Å². The molecule has 2 heterocycles. The van der Waals surface area contributed by atoms with Gasteiger partial charge in [0.25, 0.3) is 10.0 Å². The van der Waals surface area contributed by atoms with Crippen molar-refractivity contribution in [2.24, 2.45) is 0 Å². The van der Waals surface area contributed by atoms with Crippen LogP contribution >= 0.6 is 11.3 Å². The molecule has 0 spiro atoms. The summed E-state index contributed by atoms with van der Waals surface area (Å²) in [7, 11) is -3.93. The number of hydrogen-bond donors (Lipinski definition) is 3. The summed E-state index contributed by atoms with van der Waals surface area (Å²) in [5.41, 5.74) is -0.119. The maximum absolute atomic E-state index is 12.3. The molecule has 3 N–H and O–H groups in total. The minimum atomic E-state index is -3.93. The summed E-state index contributed by atoms with van der Waals surface area (Å²) in [6.45, 7) is 1.45. The van der Waals surface area contributed by atoms with Crippen LogP contribution in [0.5, 0.6) is 0 Å². The van der Waals surface area contributed by atoms with Crippen LogP contribution in [0.3, 0.4) is 0 Å². The number of carbonyl (C=O) groups is 1. The van der Waals surface area contributed by atoms with Gasteiger partial charge in [-0.05, 0) is 18.4 Å². The second-order valence-electron chi connectivity index (χ2n) is 4.62. The number of nitrogens with zero attached hydrogens (tertiary/aromatic N) is 1. The van der Waals surface area contributed by atoms with Gasteiger partial charge in [-0.15, -0.1) is 11.3 Å². The lowest BCUT2D eigenvalue weighted by Gasteiger charge is -2.14. The highest BCUT2D eigenvalue weighted by Gasteiger charge is 2.24. The zero-order valence-corrected chi connectivity index (χ0v) is 14.0. The number of ether oxygens (including phenoxy) is 1. The van der Waals surface area contributed by atoms with Crippen LogP contribution in [-0.4, -0.2) is 48.9 Å². The lowest BCUT2D eigenvalue weighted by Crippen LogP contribution is -2.39. The fraction of sp³-hybridized carbons (Fsp3) is 0.385. The van der Waals surface area contributed by atoms with Gasteiger partial charge in [0.2, 0.25) is 0 Å². The first-order valence-corrected chi connectivity index (χ1v) is 9.20. The monoisotopic (exact) mass is 359 g/mol. The van der Waals surface area contributed by atoms with E-state index in [-0.39, 0.29) is 23.9 Å². The predicted molar refractivity (Wildman–Crippen MR) is 83.8 cm³/mol. The Morgan fingerprint density at radius 1 is 1.57 bits per heavy atom. The summed E-state index contributed by atoms with van der Waals surface area (Å²) >= 11 is 1.47. The molecule has 0 saturated carbocycles. The van der Waals surface area contributed by atoms with Crippen LogP contribution in [0.1, 0.15) is 22.3 Å². The zero-order valence-electron chi connectivity index (χ0n) is 12.4. The number of esters is 1. The number of hydrogen-bond acceptors (Lipinski definition) is 7. The molecule has 2 aromatic heterocycles. The van der Waals surface area contributed by atoms with Crippen LogP contribution in [-0.2, 0) is 21.2 Å². The van der Waals surface area contributed by atoms with E-state index in [9.17, 15) is 18.3 Å². The molecule has 0 fully saturated rings. The summed E-state index contributed by atoms with van der Waals surface area (Å²) in [5.74, 6) is -0.706. The Hall–Kier alpha value is -1.75. The molecule has 0 bridgehead atoms. The number of aromatic amines is 1. The molecular weight excluding hydrogens is 342 g/mol. The number of nitrogens with one attached hydrogen (secondary N) is 2. The fourth-order valence-corrected chi connectivity index (χ4v) is 3.79. The molecule has 0 radical (unpaired) electrons. The smallest absolute Gasteiger partial charge is 0.358 e. The van der Waals surface area contributed by atoms with Crippen LogP contribution in [0.4, 0.5) is 0 Å². The summed E-state index contributed by atoms with van der Waals surface area (Å²) < 4.78 is 31.7.